The molecule has 3 aromatic rings. The molecule has 0 spiro atoms. The number of hydrogen-bond acceptors (Lipinski definition) is 1. The molecule has 0 aliphatic rings. The lowest BCUT2D eigenvalue weighted by Gasteiger charge is -2.06. The second-order valence-corrected chi connectivity index (χ2v) is 5.17. The number of aryl methyl sites for hydroxylation is 2. The lowest BCUT2D eigenvalue weighted by Crippen LogP contribution is -2.11. The fourth-order valence-corrected chi connectivity index (χ4v) is 2.62. The molecule has 1 aromatic heterocycles. The van der Waals surface area contributed by atoms with Crippen LogP contribution in [0, 0.1) is 0 Å². The molecule has 3 heteroatoms. The maximum Gasteiger partial charge on any atom is 0.255 e. The number of carbonyl (C=O) groups is 1. The van der Waals surface area contributed by atoms with Crippen LogP contribution in [0.4, 0.5) is 5.69 Å². The summed E-state index contributed by atoms with van der Waals surface area (Å²) in [4.78, 5) is 12.3. The summed E-state index contributed by atoms with van der Waals surface area (Å²) < 4.78 is 2.10. The number of nitrogens with one attached hydrogen (secondary N) is 1. The second kappa shape index (κ2) is 5.44. The van der Waals surface area contributed by atoms with Gasteiger partial charge in [-0.1, -0.05) is 25.1 Å². The molecule has 0 aliphatic carbocycles. The van der Waals surface area contributed by atoms with Crippen molar-refractivity contribution in [2.45, 2.75) is 13.3 Å². The maximum atomic E-state index is 12.3. The first-order valence-corrected chi connectivity index (χ1v) is 7.13. The van der Waals surface area contributed by atoms with Gasteiger partial charge in [-0.3, -0.25) is 4.79 Å². The van der Waals surface area contributed by atoms with Gasteiger partial charge in [0, 0.05) is 36.8 Å². The average molecular weight is 280 g/mol. The smallest absolute Gasteiger partial charge is 0.255 e. The summed E-state index contributed by atoms with van der Waals surface area (Å²) in [6.45, 7) is 2.13. The summed E-state index contributed by atoms with van der Waals surface area (Å²) >= 11 is 0. The van der Waals surface area contributed by atoms with Crippen molar-refractivity contribution >= 4 is 22.5 Å². The van der Waals surface area contributed by atoms with Crippen molar-refractivity contribution < 1.29 is 6.22 Å². The zero-order valence-corrected chi connectivity index (χ0v) is 12.3. The lowest BCUT2D eigenvalue weighted by molar-refractivity contribution is 0.102. The quantitative estimate of drug-likeness (QED) is 0.765. The molecule has 1 heterocycles. The van der Waals surface area contributed by atoms with E-state index in [0.717, 1.165) is 23.0 Å². The van der Waals surface area contributed by atoms with Crippen molar-refractivity contribution in [1.29, 1.82) is 0 Å². The molecule has 108 valence electrons. The molecular formula is C18H20N2O. The van der Waals surface area contributed by atoms with Crippen LogP contribution in [-0.2, 0) is 13.5 Å². The largest absolute Gasteiger partial charge is 0.350 e. The van der Waals surface area contributed by atoms with Crippen LogP contribution in [0.25, 0.3) is 10.9 Å². The van der Waals surface area contributed by atoms with Gasteiger partial charge >= 0.3 is 0 Å². The van der Waals surface area contributed by atoms with E-state index in [2.05, 4.69) is 23.0 Å². The van der Waals surface area contributed by atoms with E-state index in [4.69, 9.17) is 0 Å². The monoisotopic (exact) mass is 280 g/mol. The van der Waals surface area contributed by atoms with E-state index < -0.39 is 0 Å². The predicted molar refractivity (Wildman–Crippen MR) is 88.8 cm³/mol. The minimum absolute atomic E-state index is 0. The van der Waals surface area contributed by atoms with Gasteiger partial charge in [-0.15, -0.1) is 0 Å². The van der Waals surface area contributed by atoms with Crippen LogP contribution in [0.2, 0.25) is 0 Å². The predicted octanol–water partition coefficient (Wildman–Crippen LogP) is 4.24. The molecule has 0 unspecified atom stereocenters. The normalized spacial score (nSPS) is 10.8. The molecule has 2 aromatic carbocycles. The Balaban J connectivity index is 0.00000176. The lowest BCUT2D eigenvalue weighted by atomic mass is 10.1. The van der Waals surface area contributed by atoms with Gasteiger partial charge in [0.2, 0.25) is 0 Å². The third-order valence-corrected chi connectivity index (χ3v) is 3.75. The Hall–Kier alpha value is -2.55. The number of benzene rings is 2. The zero-order chi connectivity index (χ0) is 14.8. The molecule has 0 saturated heterocycles. The van der Waals surface area contributed by atoms with E-state index in [9.17, 15) is 4.79 Å². The molecule has 0 radical (unpaired) electrons. The van der Waals surface area contributed by atoms with Gasteiger partial charge in [0.05, 0.1) is 0 Å². The fourth-order valence-electron chi connectivity index (χ4n) is 2.62. The Morgan fingerprint density at radius 1 is 1.19 bits per heavy atom. The Labute approximate surface area is 125 Å². The zero-order valence-electron chi connectivity index (χ0n) is 12.3. The van der Waals surface area contributed by atoms with Gasteiger partial charge in [-0.25, -0.2) is 0 Å². The minimum atomic E-state index is -0.0750. The molecule has 1 amide bonds. The molecule has 0 bridgehead atoms. The fraction of sp³-hybridized carbons (Fsp3) is 0.167. The highest BCUT2D eigenvalue weighted by Gasteiger charge is 2.10. The van der Waals surface area contributed by atoms with Crippen molar-refractivity contribution in [3.8, 4) is 0 Å². The third kappa shape index (κ3) is 2.55. The van der Waals surface area contributed by atoms with Gasteiger partial charge < -0.3 is 9.88 Å². The molecule has 1 N–H and O–H groups in total. The first-order chi connectivity index (χ1) is 10.2. The molecule has 21 heavy (non-hydrogen) atoms. The van der Waals surface area contributed by atoms with Crippen LogP contribution in [0.15, 0.2) is 54.7 Å². The number of aromatic nitrogens is 1. The van der Waals surface area contributed by atoms with Crippen molar-refractivity contribution in [3.05, 3.63) is 65.9 Å². The van der Waals surface area contributed by atoms with E-state index >= 15 is 0 Å². The average Bonchev–Trinajstić information content (AvgIpc) is 2.84. The SMILES string of the molecule is CCc1cn(C)c2ccc(C(=O)Nc3ccccc3)cc12.[HH]. The number of nitrogens with zero attached hydrogens (tertiary/aromatic N) is 1. The van der Waals surface area contributed by atoms with E-state index in [-0.39, 0.29) is 7.33 Å². The maximum absolute atomic E-state index is 12.3. The van der Waals surface area contributed by atoms with E-state index in [0.29, 0.717) is 5.56 Å². The summed E-state index contributed by atoms with van der Waals surface area (Å²) in [5, 5.41) is 4.07. The summed E-state index contributed by atoms with van der Waals surface area (Å²) in [5.74, 6) is -0.0750. The first kappa shape index (κ1) is 13.4. The Morgan fingerprint density at radius 2 is 1.95 bits per heavy atom. The van der Waals surface area contributed by atoms with Crippen LogP contribution in [0.1, 0.15) is 24.3 Å². The standard InChI is InChI=1S/C18H18N2O.H2/c1-3-13-12-20(2)17-10-9-14(11-16(13)17)18(21)19-15-7-5-4-6-8-15;/h4-12H,3H2,1-2H3,(H,19,21);1H. The second-order valence-electron chi connectivity index (χ2n) is 5.17. The first-order valence-electron chi connectivity index (χ1n) is 7.13. The number of rotatable bonds is 3. The van der Waals surface area contributed by atoms with Crippen LogP contribution < -0.4 is 5.32 Å². The number of amides is 1. The Kier molecular flexibility index (Phi) is 3.48. The number of carbonyl (C=O) groups excluding carboxylic acids is 1. The van der Waals surface area contributed by atoms with Gasteiger partial charge in [0.25, 0.3) is 5.91 Å². The summed E-state index contributed by atoms with van der Waals surface area (Å²) in [6.07, 6.45) is 3.09. The number of para-hydroxylation sites is 1. The highest BCUT2D eigenvalue weighted by atomic mass is 16.1. The van der Waals surface area contributed by atoms with Crippen LogP contribution in [0.5, 0.6) is 0 Å². The molecule has 0 aliphatic heterocycles. The topological polar surface area (TPSA) is 34.0 Å². The highest BCUT2D eigenvalue weighted by molar-refractivity contribution is 6.06. The number of hydrogen-bond donors (Lipinski definition) is 1. The molecular weight excluding hydrogens is 260 g/mol. The number of fused-ring (bicyclic) bond motifs is 1. The summed E-state index contributed by atoms with van der Waals surface area (Å²) in [5.41, 5.74) is 3.92. The van der Waals surface area contributed by atoms with E-state index in [1.165, 1.54) is 5.56 Å². The summed E-state index contributed by atoms with van der Waals surface area (Å²) in [7, 11) is 2.03. The van der Waals surface area contributed by atoms with E-state index in [1.807, 2.05) is 55.6 Å². The Bertz CT molecular complexity index is 793. The number of anilines is 1. The van der Waals surface area contributed by atoms with Crippen molar-refractivity contribution in [1.82, 2.24) is 4.57 Å². The van der Waals surface area contributed by atoms with Gasteiger partial charge in [0.15, 0.2) is 0 Å². The van der Waals surface area contributed by atoms with Crippen molar-refractivity contribution in [2.75, 3.05) is 5.32 Å². The molecule has 3 nitrogen and oxygen atoms in total. The van der Waals surface area contributed by atoms with E-state index in [1.54, 1.807) is 0 Å². The molecule has 3 rings (SSSR count). The van der Waals surface area contributed by atoms with Crippen LogP contribution in [-0.4, -0.2) is 10.5 Å². The third-order valence-electron chi connectivity index (χ3n) is 3.75. The van der Waals surface area contributed by atoms with Crippen LogP contribution in [0.3, 0.4) is 0 Å². The minimum Gasteiger partial charge on any atom is -0.350 e. The van der Waals surface area contributed by atoms with Crippen molar-refractivity contribution in [2.24, 2.45) is 7.05 Å². The molecule has 0 fully saturated rings. The Morgan fingerprint density at radius 3 is 2.67 bits per heavy atom. The molecule has 0 saturated carbocycles. The van der Waals surface area contributed by atoms with Gasteiger partial charge in [-0.2, -0.15) is 0 Å². The summed E-state index contributed by atoms with van der Waals surface area (Å²) in [6, 6.07) is 15.4. The van der Waals surface area contributed by atoms with Crippen LogP contribution >= 0.6 is 0 Å². The van der Waals surface area contributed by atoms with Gasteiger partial charge in [0.1, 0.15) is 0 Å². The highest BCUT2D eigenvalue weighted by Crippen LogP contribution is 2.23. The van der Waals surface area contributed by atoms with Gasteiger partial charge in [-0.05, 0) is 42.3 Å². The molecule has 0 atom stereocenters. The van der Waals surface area contributed by atoms with Crippen molar-refractivity contribution in [3.63, 3.8) is 0 Å².